The molecule has 0 unspecified atom stereocenters. The Bertz CT molecular complexity index is 930. The first kappa shape index (κ1) is 23.1. The Balaban J connectivity index is 1.50. The summed E-state index contributed by atoms with van der Waals surface area (Å²) < 4.78 is 7.85. The summed E-state index contributed by atoms with van der Waals surface area (Å²) in [6.07, 6.45) is 0. The Morgan fingerprint density at radius 1 is 0.968 bits per heavy atom. The molecular weight excluding hydrogens is 390 g/mol. The lowest BCUT2D eigenvalue weighted by atomic mass is 10.1. The molecule has 0 aliphatic carbocycles. The third-order valence-electron chi connectivity index (χ3n) is 5.88. The molecule has 1 saturated heterocycles. The van der Waals surface area contributed by atoms with Crippen LogP contribution < -0.4 is 4.74 Å². The van der Waals surface area contributed by atoms with E-state index in [0.29, 0.717) is 38.5 Å². The third-order valence-corrected chi connectivity index (χ3v) is 5.88. The Labute approximate surface area is 185 Å². The zero-order valence-corrected chi connectivity index (χ0v) is 19.7. The second kappa shape index (κ2) is 9.27. The molecule has 1 aromatic heterocycles. The predicted molar refractivity (Wildman–Crippen MR) is 123 cm³/mol. The first-order valence-electron chi connectivity index (χ1n) is 11.0. The zero-order chi connectivity index (χ0) is 22.8. The van der Waals surface area contributed by atoms with Gasteiger partial charge in [0.1, 0.15) is 5.75 Å². The summed E-state index contributed by atoms with van der Waals surface area (Å²) in [7, 11) is 0. The van der Waals surface area contributed by atoms with Crippen LogP contribution in [0.25, 0.3) is 0 Å². The fraction of sp³-hybridized carbons (Fsp3) is 0.520. The molecule has 2 aromatic rings. The van der Waals surface area contributed by atoms with Crippen molar-refractivity contribution in [1.29, 1.82) is 0 Å². The minimum absolute atomic E-state index is 0.0136. The maximum atomic E-state index is 13.0. The summed E-state index contributed by atoms with van der Waals surface area (Å²) in [5.41, 5.74) is 4.04. The molecular formula is C25H35N3O3. The summed E-state index contributed by atoms with van der Waals surface area (Å²) in [6.45, 7) is 15.6. The molecule has 31 heavy (non-hydrogen) atoms. The largest absolute Gasteiger partial charge is 0.484 e. The van der Waals surface area contributed by atoms with Crippen LogP contribution in [-0.2, 0) is 10.3 Å². The van der Waals surface area contributed by atoms with Gasteiger partial charge in [0.15, 0.2) is 12.4 Å². The molecule has 0 radical (unpaired) electrons. The number of Topliss-reactive ketones (excluding diaryl/α,β-unsaturated/α-hetero) is 1. The SMILES string of the molecule is Cc1ccc(OCC(=O)N2CCN(CC(=O)c3cc(C)n(C(C)(C)C)c3C)CC2)cc1. The minimum Gasteiger partial charge on any atom is -0.484 e. The average molecular weight is 426 g/mol. The van der Waals surface area contributed by atoms with Gasteiger partial charge in [0.25, 0.3) is 5.91 Å². The number of aryl methyl sites for hydroxylation is 2. The number of carbonyl (C=O) groups excluding carboxylic acids is 2. The summed E-state index contributed by atoms with van der Waals surface area (Å²) in [5, 5.41) is 0. The average Bonchev–Trinajstić information content (AvgIpc) is 3.02. The molecule has 2 heterocycles. The molecule has 3 rings (SSSR count). The van der Waals surface area contributed by atoms with Crippen LogP contribution in [0.2, 0.25) is 0 Å². The van der Waals surface area contributed by atoms with Gasteiger partial charge in [-0.25, -0.2) is 0 Å². The molecule has 1 aliphatic rings. The van der Waals surface area contributed by atoms with Gasteiger partial charge in [-0.1, -0.05) is 17.7 Å². The Kier molecular flexibility index (Phi) is 6.90. The van der Waals surface area contributed by atoms with E-state index in [4.69, 9.17) is 4.74 Å². The van der Waals surface area contributed by atoms with Crippen LogP contribution in [0.15, 0.2) is 30.3 Å². The van der Waals surface area contributed by atoms with Crippen LogP contribution in [0.3, 0.4) is 0 Å². The number of hydrogen-bond acceptors (Lipinski definition) is 4. The van der Waals surface area contributed by atoms with Crippen molar-refractivity contribution in [1.82, 2.24) is 14.4 Å². The highest BCUT2D eigenvalue weighted by molar-refractivity contribution is 5.99. The maximum Gasteiger partial charge on any atom is 0.260 e. The fourth-order valence-corrected chi connectivity index (χ4v) is 4.39. The predicted octanol–water partition coefficient (Wildman–Crippen LogP) is 3.57. The van der Waals surface area contributed by atoms with Crippen LogP contribution in [0.1, 0.15) is 48.1 Å². The monoisotopic (exact) mass is 425 g/mol. The van der Waals surface area contributed by atoms with Gasteiger partial charge in [-0.15, -0.1) is 0 Å². The molecule has 0 atom stereocenters. The van der Waals surface area contributed by atoms with Crippen molar-refractivity contribution in [3.63, 3.8) is 0 Å². The van der Waals surface area contributed by atoms with Gasteiger partial charge in [0.2, 0.25) is 0 Å². The summed E-state index contributed by atoms with van der Waals surface area (Å²) in [6, 6.07) is 9.69. The van der Waals surface area contributed by atoms with E-state index >= 15 is 0 Å². The molecule has 1 amide bonds. The van der Waals surface area contributed by atoms with Gasteiger partial charge < -0.3 is 14.2 Å². The number of ether oxygens (including phenoxy) is 1. The number of hydrogen-bond donors (Lipinski definition) is 0. The zero-order valence-electron chi connectivity index (χ0n) is 19.7. The van der Waals surface area contributed by atoms with E-state index in [1.165, 1.54) is 0 Å². The van der Waals surface area contributed by atoms with Crippen LogP contribution in [0.4, 0.5) is 0 Å². The highest BCUT2D eigenvalue weighted by atomic mass is 16.5. The molecule has 1 aromatic carbocycles. The number of benzene rings is 1. The van der Waals surface area contributed by atoms with Gasteiger partial charge in [0.05, 0.1) is 6.54 Å². The van der Waals surface area contributed by atoms with E-state index in [9.17, 15) is 9.59 Å². The van der Waals surface area contributed by atoms with Gasteiger partial charge in [-0.05, 0) is 59.7 Å². The lowest BCUT2D eigenvalue weighted by Gasteiger charge is -2.34. The van der Waals surface area contributed by atoms with Crippen LogP contribution in [-0.4, -0.2) is 65.4 Å². The minimum atomic E-state index is -0.0562. The third kappa shape index (κ3) is 5.56. The van der Waals surface area contributed by atoms with Crippen molar-refractivity contribution in [2.45, 2.75) is 47.1 Å². The van der Waals surface area contributed by atoms with Gasteiger partial charge in [-0.2, -0.15) is 0 Å². The first-order valence-corrected chi connectivity index (χ1v) is 11.0. The van der Waals surface area contributed by atoms with Gasteiger partial charge in [-0.3, -0.25) is 14.5 Å². The van der Waals surface area contributed by atoms with E-state index in [0.717, 1.165) is 22.5 Å². The number of piperazine rings is 1. The smallest absolute Gasteiger partial charge is 0.260 e. The number of nitrogens with zero attached hydrogens (tertiary/aromatic N) is 3. The van der Waals surface area contributed by atoms with Crippen molar-refractivity contribution >= 4 is 11.7 Å². The molecule has 0 saturated carbocycles. The number of rotatable bonds is 6. The van der Waals surface area contributed by atoms with Gasteiger partial charge in [0, 0.05) is 48.7 Å². The first-order chi connectivity index (χ1) is 14.6. The van der Waals surface area contributed by atoms with Crippen LogP contribution in [0, 0.1) is 20.8 Å². The summed E-state index contributed by atoms with van der Waals surface area (Å²) in [5.74, 6) is 0.836. The van der Waals surface area contributed by atoms with E-state index in [2.05, 4.69) is 37.2 Å². The molecule has 168 valence electrons. The Morgan fingerprint density at radius 3 is 2.13 bits per heavy atom. The number of ketones is 1. The molecule has 0 N–H and O–H groups in total. The maximum absolute atomic E-state index is 13.0. The van der Waals surface area contributed by atoms with Crippen LogP contribution in [0.5, 0.6) is 5.75 Å². The van der Waals surface area contributed by atoms with E-state index < -0.39 is 0 Å². The number of carbonyl (C=O) groups is 2. The van der Waals surface area contributed by atoms with E-state index in [-0.39, 0.29) is 23.8 Å². The topological polar surface area (TPSA) is 54.8 Å². The lowest BCUT2D eigenvalue weighted by molar-refractivity contribution is -0.135. The van der Waals surface area contributed by atoms with Crippen molar-refractivity contribution in [3.05, 3.63) is 52.8 Å². The number of amides is 1. The molecule has 0 bridgehead atoms. The van der Waals surface area contributed by atoms with Crippen molar-refractivity contribution in [2.24, 2.45) is 0 Å². The normalized spacial score (nSPS) is 15.2. The lowest BCUT2D eigenvalue weighted by Crippen LogP contribution is -2.51. The number of aromatic nitrogens is 1. The molecule has 1 aliphatic heterocycles. The second-order valence-electron chi connectivity index (χ2n) is 9.47. The van der Waals surface area contributed by atoms with Crippen molar-refractivity contribution in [2.75, 3.05) is 39.3 Å². The van der Waals surface area contributed by atoms with Crippen molar-refractivity contribution < 1.29 is 14.3 Å². The molecule has 1 fully saturated rings. The second-order valence-corrected chi connectivity index (χ2v) is 9.47. The standard InChI is InChI=1S/C25H35N3O3/c1-18-7-9-21(10-8-18)31-17-24(30)27-13-11-26(12-14-27)16-23(29)22-15-19(2)28(20(22)3)25(4,5)6/h7-10,15H,11-14,16-17H2,1-6H3. The van der Waals surface area contributed by atoms with Gasteiger partial charge >= 0.3 is 0 Å². The Hall–Kier alpha value is -2.60. The van der Waals surface area contributed by atoms with E-state index in [1.54, 1.807) is 0 Å². The van der Waals surface area contributed by atoms with E-state index in [1.807, 2.05) is 49.1 Å². The highest BCUT2D eigenvalue weighted by Crippen LogP contribution is 2.25. The molecule has 6 heteroatoms. The van der Waals surface area contributed by atoms with Crippen LogP contribution >= 0.6 is 0 Å². The summed E-state index contributed by atoms with van der Waals surface area (Å²) in [4.78, 5) is 29.4. The fourth-order valence-electron chi connectivity index (χ4n) is 4.39. The summed E-state index contributed by atoms with van der Waals surface area (Å²) >= 11 is 0. The van der Waals surface area contributed by atoms with Crippen molar-refractivity contribution in [3.8, 4) is 5.75 Å². The molecule has 0 spiro atoms. The Morgan fingerprint density at radius 2 is 1.58 bits per heavy atom. The molecule has 6 nitrogen and oxygen atoms in total. The quantitative estimate of drug-likeness (QED) is 0.664. The highest BCUT2D eigenvalue weighted by Gasteiger charge is 2.26.